The van der Waals surface area contributed by atoms with Crippen LogP contribution in [-0.4, -0.2) is 53.9 Å². The van der Waals surface area contributed by atoms with Crippen LogP contribution in [0.5, 0.6) is 0 Å². The largest absolute Gasteiger partial charge is 0.462 e. The Morgan fingerprint density at radius 2 is 2.03 bits per heavy atom. The van der Waals surface area contributed by atoms with E-state index in [-0.39, 0.29) is 23.4 Å². The van der Waals surface area contributed by atoms with Crippen LogP contribution in [0.4, 0.5) is 10.2 Å². The number of carbonyl (C=O) groups is 1. The van der Waals surface area contributed by atoms with Crippen molar-refractivity contribution in [1.82, 2.24) is 19.9 Å². The van der Waals surface area contributed by atoms with E-state index in [1.54, 1.807) is 31.3 Å². The van der Waals surface area contributed by atoms with E-state index in [0.29, 0.717) is 5.65 Å². The van der Waals surface area contributed by atoms with E-state index in [4.69, 9.17) is 9.72 Å². The van der Waals surface area contributed by atoms with Crippen molar-refractivity contribution in [3.8, 4) is 11.3 Å². The lowest BCUT2D eigenvalue weighted by Crippen LogP contribution is -2.32. The number of nitrogens with zero attached hydrogens (tertiary/aromatic N) is 4. The predicted molar refractivity (Wildman–Crippen MR) is 111 cm³/mol. The summed E-state index contributed by atoms with van der Waals surface area (Å²) in [7, 11) is 1.90. The number of fused-ring (bicyclic) bond motifs is 1. The minimum atomic E-state index is -0.567. The minimum absolute atomic E-state index is 0.170. The molecule has 29 heavy (non-hydrogen) atoms. The summed E-state index contributed by atoms with van der Waals surface area (Å²) in [6.07, 6.45) is 2.70. The highest BCUT2D eigenvalue weighted by atomic mass is 19.1. The zero-order chi connectivity index (χ0) is 20.8. The number of hydrogen-bond acceptors (Lipinski definition) is 6. The Hall–Kier alpha value is -3.00. The molecule has 7 nitrogen and oxygen atoms in total. The maximum Gasteiger partial charge on any atom is 0.344 e. The topological polar surface area (TPSA) is 71.8 Å². The third-order valence-electron chi connectivity index (χ3n) is 4.53. The molecule has 0 fully saturated rings. The monoisotopic (exact) mass is 399 g/mol. The third-order valence-corrected chi connectivity index (χ3v) is 4.53. The van der Waals surface area contributed by atoms with Gasteiger partial charge in [0.25, 0.3) is 0 Å². The van der Waals surface area contributed by atoms with E-state index in [1.165, 1.54) is 10.6 Å². The van der Waals surface area contributed by atoms with Gasteiger partial charge in [0.1, 0.15) is 22.9 Å². The molecule has 2 aromatic heterocycles. The number of ether oxygens (including phenoxy) is 1. The van der Waals surface area contributed by atoms with Crippen LogP contribution < -0.4 is 10.2 Å². The number of likely N-dealkylation sites (N-methyl/N-ethyl adjacent to an activating group) is 1. The summed E-state index contributed by atoms with van der Waals surface area (Å²) in [5.41, 5.74) is 0.986. The molecule has 0 saturated heterocycles. The fourth-order valence-electron chi connectivity index (χ4n) is 3.19. The number of esters is 1. The molecule has 0 spiro atoms. The van der Waals surface area contributed by atoms with Gasteiger partial charge in [0.2, 0.25) is 0 Å². The second-order valence-corrected chi connectivity index (χ2v) is 6.57. The number of carbonyl (C=O) groups excluding carboxylic acids is 1. The Labute approximate surface area is 169 Å². The number of halogens is 1. The molecule has 0 aliphatic heterocycles. The minimum Gasteiger partial charge on any atom is -0.462 e. The number of hydrogen-bond donors (Lipinski definition) is 1. The van der Waals surface area contributed by atoms with Crippen molar-refractivity contribution in [3.63, 3.8) is 0 Å². The van der Waals surface area contributed by atoms with E-state index in [0.717, 1.165) is 31.9 Å². The summed E-state index contributed by atoms with van der Waals surface area (Å²) in [6, 6.07) is 8.09. The Kier molecular flexibility index (Phi) is 6.77. The first-order valence-corrected chi connectivity index (χ1v) is 9.81. The highest BCUT2D eigenvalue weighted by Gasteiger charge is 2.25. The van der Waals surface area contributed by atoms with Crippen LogP contribution in [0.15, 0.2) is 36.5 Å². The molecule has 0 radical (unpaired) electrons. The normalized spacial score (nSPS) is 11.0. The van der Waals surface area contributed by atoms with Crippen LogP contribution in [0.3, 0.4) is 0 Å². The second kappa shape index (κ2) is 9.47. The van der Waals surface area contributed by atoms with Crippen LogP contribution >= 0.6 is 0 Å². The van der Waals surface area contributed by atoms with Crippen molar-refractivity contribution in [1.29, 1.82) is 0 Å². The number of aromatic nitrogens is 3. The molecule has 3 rings (SSSR count). The van der Waals surface area contributed by atoms with Gasteiger partial charge in [-0.05, 0) is 38.6 Å². The molecule has 154 valence electrons. The van der Waals surface area contributed by atoms with Gasteiger partial charge >= 0.3 is 5.97 Å². The zero-order valence-corrected chi connectivity index (χ0v) is 17.0. The molecule has 0 amide bonds. The Bertz CT molecular complexity index is 988. The number of nitrogens with one attached hydrogen (secondary N) is 1. The predicted octanol–water partition coefficient (Wildman–Crippen LogP) is 3.15. The second-order valence-electron chi connectivity index (χ2n) is 6.57. The van der Waals surface area contributed by atoms with Crippen molar-refractivity contribution in [2.24, 2.45) is 0 Å². The van der Waals surface area contributed by atoms with Crippen LogP contribution in [0.25, 0.3) is 16.9 Å². The van der Waals surface area contributed by atoms with Crippen molar-refractivity contribution in [3.05, 3.63) is 47.9 Å². The van der Waals surface area contributed by atoms with Gasteiger partial charge in [-0.2, -0.15) is 5.10 Å². The van der Waals surface area contributed by atoms with Crippen LogP contribution in [0.2, 0.25) is 0 Å². The van der Waals surface area contributed by atoms with Crippen LogP contribution in [0.1, 0.15) is 30.6 Å². The van der Waals surface area contributed by atoms with Gasteiger partial charge in [0.05, 0.1) is 6.61 Å². The summed E-state index contributed by atoms with van der Waals surface area (Å²) in [6.45, 7) is 6.44. The fourth-order valence-corrected chi connectivity index (χ4v) is 3.19. The van der Waals surface area contributed by atoms with Crippen molar-refractivity contribution < 1.29 is 13.9 Å². The Morgan fingerprint density at radius 3 is 2.72 bits per heavy atom. The van der Waals surface area contributed by atoms with Crippen LogP contribution in [0, 0.1) is 5.82 Å². The molecule has 1 N–H and O–H groups in total. The molecule has 8 heteroatoms. The van der Waals surface area contributed by atoms with Gasteiger partial charge in [-0.25, -0.2) is 18.7 Å². The molecule has 0 bridgehead atoms. The van der Waals surface area contributed by atoms with E-state index in [9.17, 15) is 9.18 Å². The van der Waals surface area contributed by atoms with E-state index in [1.807, 2.05) is 13.1 Å². The summed E-state index contributed by atoms with van der Waals surface area (Å²) in [5.74, 6) is -0.286. The molecular weight excluding hydrogens is 373 g/mol. The lowest BCUT2D eigenvalue weighted by atomic mass is 10.1. The lowest BCUT2D eigenvalue weighted by Gasteiger charge is -2.23. The van der Waals surface area contributed by atoms with Gasteiger partial charge in [-0.1, -0.05) is 19.1 Å². The fraction of sp³-hybridized carbons (Fsp3) is 0.381. The summed E-state index contributed by atoms with van der Waals surface area (Å²) < 4.78 is 21.2. The molecule has 3 aromatic rings. The molecule has 0 aliphatic rings. The van der Waals surface area contributed by atoms with Gasteiger partial charge in [0, 0.05) is 31.4 Å². The maximum atomic E-state index is 14.4. The number of rotatable bonds is 9. The standard InChI is InChI=1S/C21H26FN5O2/c1-4-12-26(14-11-23-3)17-10-13-27-20(24-17)18(21(28)29-5-2)19(25-27)15-8-6-7-9-16(15)22/h6-10,13,23H,4-5,11-12,14H2,1-3H3. The maximum absolute atomic E-state index is 14.4. The summed E-state index contributed by atoms with van der Waals surface area (Å²) in [4.78, 5) is 19.6. The molecule has 0 atom stereocenters. The summed E-state index contributed by atoms with van der Waals surface area (Å²) >= 11 is 0. The molecule has 0 saturated carbocycles. The Balaban J connectivity index is 2.17. The first kappa shape index (κ1) is 20.7. The number of anilines is 1. The molecule has 2 heterocycles. The molecular formula is C21H26FN5O2. The quantitative estimate of drug-likeness (QED) is 0.558. The average molecular weight is 399 g/mol. The molecule has 0 aliphatic carbocycles. The first-order chi connectivity index (χ1) is 14.1. The van der Waals surface area contributed by atoms with Crippen molar-refractivity contribution in [2.45, 2.75) is 20.3 Å². The third kappa shape index (κ3) is 4.37. The van der Waals surface area contributed by atoms with E-state index >= 15 is 0 Å². The SMILES string of the molecule is CCCN(CCNC)c1ccn2nc(-c3ccccc3F)c(C(=O)OCC)c2n1. The van der Waals surface area contributed by atoms with Crippen LogP contribution in [-0.2, 0) is 4.74 Å². The Morgan fingerprint density at radius 1 is 1.24 bits per heavy atom. The molecule has 0 unspecified atom stereocenters. The van der Waals surface area contributed by atoms with Gasteiger partial charge in [-0.3, -0.25) is 0 Å². The van der Waals surface area contributed by atoms with Gasteiger partial charge in [0.15, 0.2) is 5.65 Å². The first-order valence-electron chi connectivity index (χ1n) is 9.81. The van der Waals surface area contributed by atoms with Crippen molar-refractivity contribution in [2.75, 3.05) is 38.2 Å². The van der Waals surface area contributed by atoms with E-state index in [2.05, 4.69) is 22.2 Å². The number of benzene rings is 1. The zero-order valence-electron chi connectivity index (χ0n) is 17.0. The summed E-state index contributed by atoms with van der Waals surface area (Å²) in [5, 5.41) is 7.58. The van der Waals surface area contributed by atoms with Gasteiger partial charge < -0.3 is 15.0 Å². The lowest BCUT2D eigenvalue weighted by molar-refractivity contribution is 0.0529. The van der Waals surface area contributed by atoms with Crippen molar-refractivity contribution >= 4 is 17.4 Å². The average Bonchev–Trinajstić information content (AvgIpc) is 3.10. The van der Waals surface area contributed by atoms with Gasteiger partial charge in [-0.15, -0.1) is 0 Å². The highest BCUT2D eigenvalue weighted by molar-refractivity contribution is 6.02. The smallest absolute Gasteiger partial charge is 0.344 e. The van der Waals surface area contributed by atoms with E-state index < -0.39 is 11.8 Å². The highest BCUT2D eigenvalue weighted by Crippen LogP contribution is 2.29. The molecule has 1 aromatic carbocycles.